The third-order valence-corrected chi connectivity index (χ3v) is 4.08. The van der Waals surface area contributed by atoms with Gasteiger partial charge in [0.15, 0.2) is 5.78 Å². The van der Waals surface area contributed by atoms with Crippen molar-refractivity contribution in [1.82, 2.24) is 0 Å². The summed E-state index contributed by atoms with van der Waals surface area (Å²) in [5.74, 6) is -0.792. The molecule has 0 unspecified atom stereocenters. The zero-order valence-electron chi connectivity index (χ0n) is 12.1. The molecule has 112 valence electrons. The van der Waals surface area contributed by atoms with Gasteiger partial charge in [-0.25, -0.2) is 4.39 Å². The summed E-state index contributed by atoms with van der Waals surface area (Å²) in [6.45, 7) is 1.95. The molecular formula is C17H15FN2O2. The molecule has 0 fully saturated rings. The standard InChI is InChI=1S/C17H15FN2O2/c1-9-6-13(21)16-14(7-9)22-17(20)11(8-19)15(16)10-4-2-3-5-12(10)18/h2-5,9,15H,6-7,20H2,1H3/t9-,15+/m1/s1. The lowest BCUT2D eigenvalue weighted by atomic mass is 9.75. The number of nitrogens with zero attached hydrogens (tertiary/aromatic N) is 1. The first kappa shape index (κ1) is 14.3. The van der Waals surface area contributed by atoms with Crippen LogP contribution >= 0.6 is 0 Å². The Morgan fingerprint density at radius 3 is 2.77 bits per heavy atom. The normalized spacial score (nSPS) is 24.7. The van der Waals surface area contributed by atoms with Crippen LogP contribution in [0.2, 0.25) is 0 Å². The average molecular weight is 298 g/mol. The van der Waals surface area contributed by atoms with Gasteiger partial charge >= 0.3 is 0 Å². The van der Waals surface area contributed by atoms with Gasteiger partial charge in [-0.3, -0.25) is 4.79 Å². The summed E-state index contributed by atoms with van der Waals surface area (Å²) < 4.78 is 19.7. The fourth-order valence-corrected chi connectivity index (χ4v) is 3.11. The fourth-order valence-electron chi connectivity index (χ4n) is 3.11. The maximum Gasteiger partial charge on any atom is 0.205 e. The molecule has 2 N–H and O–H groups in total. The van der Waals surface area contributed by atoms with Gasteiger partial charge in [-0.1, -0.05) is 25.1 Å². The van der Waals surface area contributed by atoms with E-state index in [0.717, 1.165) is 0 Å². The van der Waals surface area contributed by atoms with Gasteiger partial charge in [-0.2, -0.15) is 5.26 Å². The fraction of sp³-hybridized carbons (Fsp3) is 0.294. The molecule has 0 amide bonds. The number of carbonyl (C=O) groups is 1. The maximum atomic E-state index is 14.2. The molecule has 0 spiro atoms. The molecule has 22 heavy (non-hydrogen) atoms. The van der Waals surface area contributed by atoms with Crippen LogP contribution < -0.4 is 5.73 Å². The van der Waals surface area contributed by atoms with E-state index in [1.54, 1.807) is 18.2 Å². The second kappa shape index (κ2) is 5.30. The molecule has 1 aromatic carbocycles. The Kier molecular flexibility index (Phi) is 3.45. The number of ketones is 1. The first-order valence-corrected chi connectivity index (χ1v) is 7.11. The molecule has 0 aromatic heterocycles. The number of allylic oxidation sites excluding steroid dienone is 3. The summed E-state index contributed by atoms with van der Waals surface area (Å²) in [7, 11) is 0. The van der Waals surface area contributed by atoms with Crippen molar-refractivity contribution in [3.8, 4) is 6.07 Å². The molecule has 1 aromatic rings. The summed E-state index contributed by atoms with van der Waals surface area (Å²) in [6, 6.07) is 8.10. The SMILES string of the molecule is C[C@@H]1CC(=O)C2=C(C1)OC(N)=C(C#N)[C@@H]2c1ccccc1F. The molecule has 1 heterocycles. The Balaban J connectivity index is 2.22. The number of hydrogen-bond acceptors (Lipinski definition) is 4. The van der Waals surface area contributed by atoms with Gasteiger partial charge in [-0.05, 0) is 12.0 Å². The summed E-state index contributed by atoms with van der Waals surface area (Å²) in [4.78, 5) is 12.5. The summed E-state index contributed by atoms with van der Waals surface area (Å²) in [5.41, 5.74) is 6.57. The van der Waals surface area contributed by atoms with Crippen molar-refractivity contribution in [3.05, 3.63) is 58.4 Å². The third kappa shape index (κ3) is 2.17. The van der Waals surface area contributed by atoms with Crippen molar-refractivity contribution < 1.29 is 13.9 Å². The number of halogens is 1. The van der Waals surface area contributed by atoms with Gasteiger partial charge < -0.3 is 10.5 Å². The maximum absolute atomic E-state index is 14.2. The van der Waals surface area contributed by atoms with Crippen LogP contribution in [0.3, 0.4) is 0 Å². The van der Waals surface area contributed by atoms with Gasteiger partial charge in [0.05, 0.1) is 5.92 Å². The monoisotopic (exact) mass is 298 g/mol. The largest absolute Gasteiger partial charge is 0.444 e. The van der Waals surface area contributed by atoms with E-state index in [1.165, 1.54) is 6.07 Å². The van der Waals surface area contributed by atoms with E-state index in [0.29, 0.717) is 24.2 Å². The van der Waals surface area contributed by atoms with E-state index in [9.17, 15) is 14.4 Å². The van der Waals surface area contributed by atoms with Crippen molar-refractivity contribution >= 4 is 5.78 Å². The van der Waals surface area contributed by atoms with Crippen LogP contribution in [-0.2, 0) is 9.53 Å². The Labute approximate surface area is 127 Å². The van der Waals surface area contributed by atoms with E-state index < -0.39 is 11.7 Å². The molecule has 4 nitrogen and oxygen atoms in total. The molecule has 0 bridgehead atoms. The topological polar surface area (TPSA) is 76.1 Å². The number of nitrogens with two attached hydrogens (primary N) is 1. The zero-order valence-corrected chi connectivity index (χ0v) is 12.1. The molecule has 0 radical (unpaired) electrons. The Hall–Kier alpha value is -2.61. The van der Waals surface area contributed by atoms with E-state index in [2.05, 4.69) is 0 Å². The van der Waals surface area contributed by atoms with Gasteiger partial charge in [0, 0.05) is 24.0 Å². The van der Waals surface area contributed by atoms with Crippen LogP contribution in [0.15, 0.2) is 47.1 Å². The third-order valence-electron chi connectivity index (χ3n) is 4.08. The molecule has 3 rings (SSSR count). The quantitative estimate of drug-likeness (QED) is 0.865. The van der Waals surface area contributed by atoms with Crippen LogP contribution in [-0.4, -0.2) is 5.78 Å². The van der Waals surface area contributed by atoms with E-state index in [4.69, 9.17) is 10.5 Å². The van der Waals surface area contributed by atoms with Gasteiger partial charge in [0.1, 0.15) is 23.2 Å². The molecule has 0 saturated carbocycles. The van der Waals surface area contributed by atoms with Crippen molar-refractivity contribution in [2.75, 3.05) is 0 Å². The highest BCUT2D eigenvalue weighted by atomic mass is 19.1. The smallest absolute Gasteiger partial charge is 0.205 e. The molecule has 1 aliphatic heterocycles. The molecule has 0 saturated heterocycles. The average Bonchev–Trinajstić information content (AvgIpc) is 2.46. The minimum absolute atomic E-state index is 0.0450. The number of Topliss-reactive ketones (excluding diaryl/α,β-unsaturated/α-hetero) is 1. The zero-order chi connectivity index (χ0) is 15.9. The Bertz CT molecular complexity index is 758. The van der Waals surface area contributed by atoms with E-state index in [1.807, 2.05) is 13.0 Å². The molecular weight excluding hydrogens is 283 g/mol. The van der Waals surface area contributed by atoms with Crippen molar-refractivity contribution in [1.29, 1.82) is 5.26 Å². The molecule has 1 aliphatic carbocycles. The number of ether oxygens (including phenoxy) is 1. The van der Waals surface area contributed by atoms with E-state index in [-0.39, 0.29) is 28.7 Å². The minimum Gasteiger partial charge on any atom is -0.444 e. The number of benzene rings is 1. The summed E-state index contributed by atoms with van der Waals surface area (Å²) in [6.07, 6.45) is 0.928. The van der Waals surface area contributed by atoms with Crippen LogP contribution in [0.4, 0.5) is 4.39 Å². The predicted molar refractivity (Wildman–Crippen MR) is 77.5 cm³/mol. The van der Waals surface area contributed by atoms with Crippen molar-refractivity contribution in [3.63, 3.8) is 0 Å². The highest BCUT2D eigenvalue weighted by molar-refractivity contribution is 5.99. The Morgan fingerprint density at radius 2 is 2.09 bits per heavy atom. The number of nitriles is 1. The van der Waals surface area contributed by atoms with Crippen molar-refractivity contribution in [2.24, 2.45) is 11.7 Å². The molecule has 2 atom stereocenters. The minimum atomic E-state index is -0.782. The number of rotatable bonds is 1. The lowest BCUT2D eigenvalue weighted by molar-refractivity contribution is -0.117. The van der Waals surface area contributed by atoms with E-state index >= 15 is 0 Å². The van der Waals surface area contributed by atoms with Gasteiger partial charge in [0.2, 0.25) is 5.88 Å². The number of carbonyl (C=O) groups excluding carboxylic acids is 1. The molecule has 5 heteroatoms. The van der Waals surface area contributed by atoms with Crippen LogP contribution in [0.5, 0.6) is 0 Å². The first-order valence-electron chi connectivity index (χ1n) is 7.11. The lowest BCUT2D eigenvalue weighted by Crippen LogP contribution is -2.30. The predicted octanol–water partition coefficient (Wildman–Crippen LogP) is 2.89. The highest BCUT2D eigenvalue weighted by Gasteiger charge is 2.40. The highest BCUT2D eigenvalue weighted by Crippen LogP contribution is 2.44. The second-order valence-electron chi connectivity index (χ2n) is 5.72. The first-order chi connectivity index (χ1) is 10.5. The summed E-state index contributed by atoms with van der Waals surface area (Å²) in [5, 5.41) is 9.39. The Morgan fingerprint density at radius 1 is 1.36 bits per heavy atom. The number of hydrogen-bond donors (Lipinski definition) is 1. The van der Waals surface area contributed by atoms with Crippen LogP contribution in [0.1, 0.15) is 31.2 Å². The van der Waals surface area contributed by atoms with Gasteiger partial charge in [-0.15, -0.1) is 0 Å². The molecule has 2 aliphatic rings. The van der Waals surface area contributed by atoms with Crippen LogP contribution in [0, 0.1) is 23.1 Å². The van der Waals surface area contributed by atoms with Crippen LogP contribution in [0.25, 0.3) is 0 Å². The second-order valence-corrected chi connectivity index (χ2v) is 5.72. The summed E-state index contributed by atoms with van der Waals surface area (Å²) >= 11 is 0. The lowest BCUT2D eigenvalue weighted by Gasteiger charge is -2.33. The van der Waals surface area contributed by atoms with Gasteiger partial charge in [0.25, 0.3) is 0 Å². The van der Waals surface area contributed by atoms with Crippen molar-refractivity contribution in [2.45, 2.75) is 25.7 Å².